The van der Waals surface area contributed by atoms with Crippen LogP contribution in [0, 0.1) is 0 Å². The molecule has 0 saturated heterocycles. The van der Waals surface area contributed by atoms with E-state index < -0.39 is 5.97 Å². The molecule has 2 rings (SSSR count). The largest absolute Gasteiger partial charge is 0.461 e. The number of nitrogens with zero attached hydrogens (tertiary/aromatic N) is 1. The van der Waals surface area contributed by atoms with Gasteiger partial charge in [0.15, 0.2) is 0 Å². The van der Waals surface area contributed by atoms with Crippen molar-refractivity contribution in [2.24, 2.45) is 0 Å². The predicted octanol–water partition coefficient (Wildman–Crippen LogP) is 2.21. The molecule has 1 aromatic rings. The molecule has 4 nitrogen and oxygen atoms in total. The van der Waals surface area contributed by atoms with Gasteiger partial charge in [-0.2, -0.15) is 0 Å². The highest BCUT2D eigenvalue weighted by Gasteiger charge is 2.31. The summed E-state index contributed by atoms with van der Waals surface area (Å²) in [5.41, 5.74) is 2.24. The molecule has 1 aliphatic heterocycles. The van der Waals surface area contributed by atoms with Crippen LogP contribution in [0.1, 0.15) is 25.8 Å². The molecule has 1 amide bonds. The number of ether oxygens (including phenoxy) is 1. The van der Waals surface area contributed by atoms with Gasteiger partial charge in [0.1, 0.15) is 5.70 Å². The van der Waals surface area contributed by atoms with Crippen molar-refractivity contribution in [2.75, 3.05) is 13.2 Å². The zero-order valence-electron chi connectivity index (χ0n) is 11.2. The van der Waals surface area contributed by atoms with Crippen LogP contribution in [0.4, 0.5) is 0 Å². The molecule has 1 aromatic carbocycles. The Kier molecular flexibility index (Phi) is 4.00. The highest BCUT2D eigenvalue weighted by atomic mass is 16.5. The van der Waals surface area contributed by atoms with E-state index >= 15 is 0 Å². The summed E-state index contributed by atoms with van der Waals surface area (Å²) in [4.78, 5) is 25.2. The molecular weight excluding hydrogens is 242 g/mol. The summed E-state index contributed by atoms with van der Waals surface area (Å²) in [6, 6.07) is 9.64. The summed E-state index contributed by atoms with van der Waals surface area (Å²) >= 11 is 0. The van der Waals surface area contributed by atoms with Gasteiger partial charge in [0, 0.05) is 13.5 Å². The molecule has 1 heterocycles. The molecule has 0 aromatic heterocycles. The Hall–Kier alpha value is -2.10. The summed E-state index contributed by atoms with van der Waals surface area (Å²) in [6.45, 7) is 4.06. The quantitative estimate of drug-likeness (QED) is 0.782. The second kappa shape index (κ2) is 5.69. The number of carbonyl (C=O) groups is 2. The lowest BCUT2D eigenvalue weighted by Gasteiger charge is -2.17. The van der Waals surface area contributed by atoms with Gasteiger partial charge in [-0.15, -0.1) is 0 Å². The first kappa shape index (κ1) is 13.3. The minimum atomic E-state index is -0.422. The zero-order valence-corrected chi connectivity index (χ0v) is 11.2. The molecule has 100 valence electrons. The fraction of sp³-hybridized carbons (Fsp3) is 0.333. The zero-order chi connectivity index (χ0) is 13.8. The van der Waals surface area contributed by atoms with Crippen LogP contribution >= 0.6 is 0 Å². The van der Waals surface area contributed by atoms with Gasteiger partial charge in [0.25, 0.3) is 0 Å². The highest BCUT2D eigenvalue weighted by Crippen LogP contribution is 2.32. The molecule has 19 heavy (non-hydrogen) atoms. The molecule has 1 aliphatic rings. The minimum Gasteiger partial charge on any atom is -0.461 e. The van der Waals surface area contributed by atoms with E-state index in [1.54, 1.807) is 6.92 Å². The lowest BCUT2D eigenvalue weighted by molar-refractivity contribution is -0.143. The van der Waals surface area contributed by atoms with Gasteiger partial charge in [-0.3, -0.25) is 4.79 Å². The molecule has 0 saturated carbocycles. The SMILES string of the molecule is CCOC(=O)C1=C(c2ccccc2)CCN1C(C)=O. The molecule has 0 aliphatic carbocycles. The molecule has 0 unspecified atom stereocenters. The van der Waals surface area contributed by atoms with Gasteiger partial charge >= 0.3 is 5.97 Å². The third-order valence-electron chi connectivity index (χ3n) is 3.11. The van der Waals surface area contributed by atoms with Crippen LogP contribution < -0.4 is 0 Å². The number of carbonyl (C=O) groups excluding carboxylic acids is 2. The summed E-state index contributed by atoms with van der Waals surface area (Å²) in [5.74, 6) is -0.553. The molecule has 0 spiro atoms. The van der Waals surface area contributed by atoms with Crippen molar-refractivity contribution in [1.29, 1.82) is 0 Å². The van der Waals surface area contributed by atoms with Crippen molar-refractivity contribution < 1.29 is 14.3 Å². The normalized spacial score (nSPS) is 14.7. The molecule has 4 heteroatoms. The Labute approximate surface area is 112 Å². The Morgan fingerprint density at radius 3 is 2.53 bits per heavy atom. The average molecular weight is 259 g/mol. The second-order valence-electron chi connectivity index (χ2n) is 4.33. The van der Waals surface area contributed by atoms with Gasteiger partial charge < -0.3 is 9.64 Å². The number of rotatable bonds is 3. The molecule has 0 fully saturated rings. The van der Waals surface area contributed by atoms with E-state index in [-0.39, 0.29) is 5.91 Å². The van der Waals surface area contributed by atoms with Gasteiger partial charge in [-0.1, -0.05) is 30.3 Å². The van der Waals surface area contributed by atoms with Crippen molar-refractivity contribution in [3.63, 3.8) is 0 Å². The Morgan fingerprint density at radius 1 is 1.26 bits per heavy atom. The maximum Gasteiger partial charge on any atom is 0.355 e. The first-order valence-electron chi connectivity index (χ1n) is 6.39. The predicted molar refractivity (Wildman–Crippen MR) is 72.0 cm³/mol. The summed E-state index contributed by atoms with van der Waals surface area (Å²) in [5, 5.41) is 0. The topological polar surface area (TPSA) is 46.6 Å². The van der Waals surface area contributed by atoms with Crippen LogP contribution in [-0.4, -0.2) is 29.9 Å². The van der Waals surface area contributed by atoms with Crippen LogP contribution in [0.2, 0.25) is 0 Å². The minimum absolute atomic E-state index is 0.131. The lowest BCUT2D eigenvalue weighted by atomic mass is 10.0. The average Bonchev–Trinajstić information content (AvgIpc) is 2.85. The van der Waals surface area contributed by atoms with E-state index in [0.29, 0.717) is 25.3 Å². The van der Waals surface area contributed by atoms with Crippen molar-refractivity contribution in [1.82, 2.24) is 4.90 Å². The molecule has 0 atom stereocenters. The van der Waals surface area contributed by atoms with Crippen molar-refractivity contribution in [2.45, 2.75) is 20.3 Å². The molecule has 0 bridgehead atoms. The third-order valence-corrected chi connectivity index (χ3v) is 3.11. The van der Waals surface area contributed by atoms with E-state index in [2.05, 4.69) is 0 Å². The van der Waals surface area contributed by atoms with Crippen LogP contribution in [0.25, 0.3) is 5.57 Å². The van der Waals surface area contributed by atoms with E-state index in [9.17, 15) is 9.59 Å². The number of hydrogen-bond acceptors (Lipinski definition) is 3. The smallest absolute Gasteiger partial charge is 0.355 e. The monoisotopic (exact) mass is 259 g/mol. The van der Waals surface area contributed by atoms with Crippen molar-refractivity contribution in [3.05, 3.63) is 41.6 Å². The van der Waals surface area contributed by atoms with Crippen LogP contribution in [0.5, 0.6) is 0 Å². The fourth-order valence-corrected chi connectivity index (χ4v) is 2.28. The van der Waals surface area contributed by atoms with E-state index in [1.165, 1.54) is 11.8 Å². The third kappa shape index (κ3) is 2.67. The Balaban J connectivity index is 2.45. The van der Waals surface area contributed by atoms with Crippen LogP contribution in [0.15, 0.2) is 36.0 Å². The maximum atomic E-state index is 12.1. The second-order valence-corrected chi connectivity index (χ2v) is 4.33. The fourth-order valence-electron chi connectivity index (χ4n) is 2.28. The number of esters is 1. The summed E-state index contributed by atoms with van der Waals surface area (Å²) in [7, 11) is 0. The Bertz CT molecular complexity index is 519. The summed E-state index contributed by atoms with van der Waals surface area (Å²) < 4.78 is 5.07. The molecule has 0 radical (unpaired) electrons. The highest BCUT2D eigenvalue weighted by molar-refractivity contribution is 6.02. The van der Waals surface area contributed by atoms with Gasteiger partial charge in [0.2, 0.25) is 5.91 Å². The van der Waals surface area contributed by atoms with Gasteiger partial charge in [-0.05, 0) is 24.5 Å². The number of amides is 1. The van der Waals surface area contributed by atoms with E-state index in [4.69, 9.17) is 4.74 Å². The first-order valence-corrected chi connectivity index (χ1v) is 6.39. The van der Waals surface area contributed by atoms with Gasteiger partial charge in [0.05, 0.1) is 6.61 Å². The van der Waals surface area contributed by atoms with Crippen molar-refractivity contribution in [3.8, 4) is 0 Å². The van der Waals surface area contributed by atoms with Gasteiger partial charge in [-0.25, -0.2) is 4.79 Å². The molecule has 0 N–H and O–H groups in total. The maximum absolute atomic E-state index is 12.1. The standard InChI is InChI=1S/C15H17NO3/c1-3-19-15(18)14-13(9-10-16(14)11(2)17)12-7-5-4-6-8-12/h4-8H,3,9-10H2,1-2H3. The van der Waals surface area contributed by atoms with Crippen LogP contribution in [-0.2, 0) is 14.3 Å². The number of benzene rings is 1. The van der Waals surface area contributed by atoms with E-state index in [0.717, 1.165) is 11.1 Å². The summed E-state index contributed by atoms with van der Waals surface area (Å²) in [6.07, 6.45) is 0.678. The van der Waals surface area contributed by atoms with Crippen LogP contribution in [0.3, 0.4) is 0 Å². The Morgan fingerprint density at radius 2 is 1.95 bits per heavy atom. The lowest BCUT2D eigenvalue weighted by Crippen LogP contribution is -2.30. The molecular formula is C15H17NO3. The number of hydrogen-bond donors (Lipinski definition) is 0. The van der Waals surface area contributed by atoms with E-state index in [1.807, 2.05) is 30.3 Å². The van der Waals surface area contributed by atoms with Crippen molar-refractivity contribution >= 4 is 17.4 Å². The first-order chi connectivity index (χ1) is 9.15.